The third kappa shape index (κ3) is 5.03. The van der Waals surface area contributed by atoms with E-state index in [4.69, 9.17) is 14.2 Å². The molecule has 4 heterocycles. The van der Waals surface area contributed by atoms with E-state index in [1.807, 2.05) is 6.92 Å². The summed E-state index contributed by atoms with van der Waals surface area (Å²) in [4.78, 5) is 38.2. The zero-order valence-corrected chi connectivity index (χ0v) is 21.4. The minimum absolute atomic E-state index is 0.0998. The van der Waals surface area contributed by atoms with Gasteiger partial charge in [-0.3, -0.25) is 18.9 Å². The molecule has 5 rings (SSSR count). The van der Waals surface area contributed by atoms with Crippen molar-refractivity contribution in [3.63, 3.8) is 0 Å². The van der Waals surface area contributed by atoms with Crippen LogP contribution in [0.25, 0.3) is 11.2 Å². The zero-order chi connectivity index (χ0) is 27.0. The number of likely N-dealkylation sites (N-methyl/N-ethyl adjacent to an activating group) is 1. The SMILES string of the molecule is CCNC(=O)[C@H]1O[C@@H](n2cnc3c(NC(=O)Nc4ccccc4NS(=O)[O-])ncnc32)[C@@H]2OC(C)(C)O[C@@H]21. The molecule has 0 bridgehead atoms. The highest BCUT2D eigenvalue weighted by atomic mass is 32.2. The Kier molecular flexibility index (Phi) is 6.97. The van der Waals surface area contributed by atoms with E-state index >= 15 is 0 Å². The van der Waals surface area contributed by atoms with Crippen LogP contribution in [0.15, 0.2) is 36.9 Å². The number of nitrogens with one attached hydrogen (secondary N) is 4. The third-order valence-corrected chi connectivity index (χ3v) is 6.26. The van der Waals surface area contributed by atoms with Crippen molar-refractivity contribution in [3.8, 4) is 0 Å². The Balaban J connectivity index is 1.39. The molecule has 2 aliphatic heterocycles. The molecule has 202 valence electrons. The summed E-state index contributed by atoms with van der Waals surface area (Å²) in [5.41, 5.74) is 0.999. The van der Waals surface area contributed by atoms with Crippen molar-refractivity contribution >= 4 is 51.6 Å². The van der Waals surface area contributed by atoms with Gasteiger partial charge < -0.3 is 34.1 Å². The molecule has 5 atom stereocenters. The summed E-state index contributed by atoms with van der Waals surface area (Å²) in [5.74, 6) is -1.15. The maximum Gasteiger partial charge on any atom is 0.324 e. The standard InChI is InChI=1S/C22H26N8O7S/c1-4-23-19(31)15-14-16(37-22(2,3)36-14)20(35-15)30-10-26-13-17(24-9-25-18(13)30)28-21(32)27-11-7-5-6-8-12(11)29-38(33)34/h5-10,14-16,20,29H,4H2,1-3H3,(H,23,31)(H,33,34)(H2,24,25,27,28,32)/p-1/t14-,15+,16-,20-/m1/s1. The van der Waals surface area contributed by atoms with Crippen LogP contribution in [0.1, 0.15) is 27.0 Å². The number of hydrogen-bond donors (Lipinski definition) is 4. The van der Waals surface area contributed by atoms with Crippen LogP contribution in [-0.4, -0.2) is 70.9 Å². The summed E-state index contributed by atoms with van der Waals surface area (Å²) in [6.45, 7) is 5.75. The molecule has 15 nitrogen and oxygen atoms in total. The molecule has 2 aliphatic rings. The number of carbonyl (C=O) groups excluding carboxylic acids is 2. The fourth-order valence-electron chi connectivity index (χ4n) is 4.45. The van der Waals surface area contributed by atoms with Crippen molar-refractivity contribution in [2.75, 3.05) is 21.9 Å². The molecular weight excluding hydrogens is 520 g/mol. The van der Waals surface area contributed by atoms with Gasteiger partial charge in [-0.1, -0.05) is 12.1 Å². The molecule has 2 fully saturated rings. The van der Waals surface area contributed by atoms with Gasteiger partial charge in [-0.2, -0.15) is 0 Å². The molecule has 1 unspecified atom stereocenters. The molecule has 0 aliphatic carbocycles. The first-order valence-corrected chi connectivity index (χ1v) is 12.7. The molecular formula is C22H25N8O7S-. The second kappa shape index (κ2) is 10.2. The van der Waals surface area contributed by atoms with Gasteiger partial charge in [0.05, 0.1) is 17.7 Å². The molecule has 0 saturated carbocycles. The number of urea groups is 1. The lowest BCUT2D eigenvalue weighted by Crippen LogP contribution is -2.42. The molecule has 16 heteroatoms. The fourth-order valence-corrected chi connectivity index (χ4v) is 4.81. The monoisotopic (exact) mass is 545 g/mol. The molecule has 0 radical (unpaired) electrons. The van der Waals surface area contributed by atoms with E-state index in [1.165, 1.54) is 24.8 Å². The summed E-state index contributed by atoms with van der Waals surface area (Å²) in [6, 6.07) is 5.59. The van der Waals surface area contributed by atoms with Gasteiger partial charge in [0.2, 0.25) is 0 Å². The second-order valence-electron chi connectivity index (χ2n) is 8.91. The highest BCUT2D eigenvalue weighted by Gasteiger charge is 2.58. The number of ether oxygens (including phenoxy) is 3. The highest BCUT2D eigenvalue weighted by molar-refractivity contribution is 7.80. The van der Waals surface area contributed by atoms with Crippen LogP contribution in [0.4, 0.5) is 22.0 Å². The first-order valence-electron chi connectivity index (χ1n) is 11.7. The predicted octanol–water partition coefficient (Wildman–Crippen LogP) is 1.23. The number of hydrogen-bond acceptors (Lipinski definition) is 10. The van der Waals surface area contributed by atoms with Gasteiger partial charge in [0.1, 0.15) is 18.5 Å². The average molecular weight is 546 g/mol. The van der Waals surface area contributed by atoms with Gasteiger partial charge in [-0.05, 0) is 32.9 Å². The van der Waals surface area contributed by atoms with Gasteiger partial charge in [0.15, 0.2) is 35.1 Å². The Labute approximate surface area is 219 Å². The number of rotatable bonds is 7. The predicted molar refractivity (Wildman–Crippen MR) is 133 cm³/mol. The Morgan fingerprint density at radius 2 is 1.84 bits per heavy atom. The number of amides is 3. The molecule has 3 aromatic rings. The number of benzene rings is 1. The quantitative estimate of drug-likeness (QED) is 0.314. The first kappa shape index (κ1) is 25.9. The summed E-state index contributed by atoms with van der Waals surface area (Å²) in [6.07, 6.45) is -0.271. The number of aromatic nitrogens is 4. The van der Waals surface area contributed by atoms with Gasteiger partial charge in [0, 0.05) is 17.8 Å². The summed E-state index contributed by atoms with van der Waals surface area (Å²) >= 11 is -2.57. The third-order valence-electron chi connectivity index (χ3n) is 5.87. The van der Waals surface area contributed by atoms with E-state index in [0.717, 1.165) is 0 Å². The highest BCUT2D eigenvalue weighted by Crippen LogP contribution is 2.44. The van der Waals surface area contributed by atoms with Crippen LogP contribution in [0.2, 0.25) is 0 Å². The number of para-hydroxylation sites is 2. The average Bonchev–Trinajstić information content (AvgIpc) is 3.51. The molecule has 3 amide bonds. The molecule has 0 spiro atoms. The smallest absolute Gasteiger partial charge is 0.324 e. The van der Waals surface area contributed by atoms with Crippen LogP contribution in [0.3, 0.4) is 0 Å². The van der Waals surface area contributed by atoms with Crippen LogP contribution >= 0.6 is 0 Å². The van der Waals surface area contributed by atoms with E-state index < -0.39 is 47.6 Å². The maximum atomic E-state index is 12.7. The molecule has 2 aromatic heterocycles. The Morgan fingerprint density at radius 3 is 2.58 bits per heavy atom. The van der Waals surface area contributed by atoms with Crippen LogP contribution in [-0.2, 0) is 30.3 Å². The minimum Gasteiger partial charge on any atom is -0.755 e. The lowest BCUT2D eigenvalue weighted by molar-refractivity contribution is -0.197. The van der Waals surface area contributed by atoms with E-state index in [1.54, 1.807) is 30.5 Å². The van der Waals surface area contributed by atoms with Crippen LogP contribution in [0.5, 0.6) is 0 Å². The minimum atomic E-state index is -2.57. The number of fused-ring (bicyclic) bond motifs is 2. The van der Waals surface area contributed by atoms with E-state index in [9.17, 15) is 18.4 Å². The Bertz CT molecular complexity index is 1400. The summed E-state index contributed by atoms with van der Waals surface area (Å²) < 4.78 is 44.0. The van der Waals surface area contributed by atoms with E-state index in [0.29, 0.717) is 12.2 Å². The summed E-state index contributed by atoms with van der Waals surface area (Å²) in [7, 11) is 0. The fraction of sp³-hybridized carbons (Fsp3) is 0.409. The number of carbonyl (C=O) groups is 2. The number of imidazole rings is 1. The van der Waals surface area contributed by atoms with Crippen LogP contribution in [0, 0.1) is 0 Å². The normalized spacial score (nSPS) is 24.5. The van der Waals surface area contributed by atoms with Crippen molar-refractivity contribution in [1.29, 1.82) is 0 Å². The van der Waals surface area contributed by atoms with E-state index in [-0.39, 0.29) is 28.6 Å². The topological polar surface area (TPSA) is 194 Å². The lowest BCUT2D eigenvalue weighted by Gasteiger charge is -2.24. The van der Waals surface area contributed by atoms with Crippen molar-refractivity contribution < 1.29 is 32.6 Å². The van der Waals surface area contributed by atoms with Gasteiger partial charge >= 0.3 is 6.03 Å². The number of anilines is 3. The van der Waals surface area contributed by atoms with Crippen molar-refractivity contribution in [3.05, 3.63) is 36.9 Å². The number of nitrogens with zero attached hydrogens (tertiary/aromatic N) is 4. The Morgan fingerprint density at radius 1 is 1.11 bits per heavy atom. The maximum absolute atomic E-state index is 12.7. The van der Waals surface area contributed by atoms with Crippen molar-refractivity contribution in [2.24, 2.45) is 0 Å². The van der Waals surface area contributed by atoms with Crippen molar-refractivity contribution in [1.82, 2.24) is 24.8 Å². The van der Waals surface area contributed by atoms with Gasteiger partial charge in [-0.25, -0.2) is 19.7 Å². The van der Waals surface area contributed by atoms with Gasteiger partial charge in [-0.15, -0.1) is 0 Å². The first-order chi connectivity index (χ1) is 18.2. The van der Waals surface area contributed by atoms with Crippen molar-refractivity contribution in [2.45, 2.75) is 51.1 Å². The largest absolute Gasteiger partial charge is 0.755 e. The molecule has 2 saturated heterocycles. The molecule has 1 aromatic carbocycles. The zero-order valence-electron chi connectivity index (χ0n) is 20.5. The lowest BCUT2D eigenvalue weighted by atomic mass is 10.1. The molecule has 38 heavy (non-hydrogen) atoms. The van der Waals surface area contributed by atoms with Gasteiger partial charge in [0.25, 0.3) is 5.91 Å². The van der Waals surface area contributed by atoms with Crippen LogP contribution < -0.4 is 20.7 Å². The summed E-state index contributed by atoms with van der Waals surface area (Å²) in [5, 5.41) is 7.93. The second-order valence-corrected chi connectivity index (χ2v) is 9.59. The molecule has 4 N–H and O–H groups in total. The Hall–Kier alpha value is -3.70. The van der Waals surface area contributed by atoms with E-state index in [2.05, 4.69) is 35.6 Å².